The standard InChI is InChI=1S/C14H20ClNO/c1-3-16-9-11-6-7-17-14(11)13-5-4-12(15)8-10(13)2/h4-5,8,11,14,16H,3,6-7,9H2,1-2H3. The summed E-state index contributed by atoms with van der Waals surface area (Å²) >= 11 is 5.99. The summed E-state index contributed by atoms with van der Waals surface area (Å²) in [5.41, 5.74) is 2.51. The van der Waals surface area contributed by atoms with Gasteiger partial charge in [0.2, 0.25) is 0 Å². The Kier molecular flexibility index (Phi) is 4.43. The number of benzene rings is 1. The molecule has 1 N–H and O–H groups in total. The molecule has 3 heteroatoms. The highest BCUT2D eigenvalue weighted by atomic mass is 35.5. The van der Waals surface area contributed by atoms with Crippen LogP contribution in [0.4, 0.5) is 0 Å². The molecule has 1 saturated heterocycles. The summed E-state index contributed by atoms with van der Waals surface area (Å²) in [6.45, 7) is 7.15. The summed E-state index contributed by atoms with van der Waals surface area (Å²) < 4.78 is 5.89. The maximum absolute atomic E-state index is 5.99. The van der Waals surface area contributed by atoms with Gasteiger partial charge in [-0.25, -0.2) is 0 Å². The van der Waals surface area contributed by atoms with Crippen LogP contribution < -0.4 is 5.32 Å². The Morgan fingerprint density at radius 2 is 2.29 bits per heavy atom. The van der Waals surface area contributed by atoms with Crippen LogP contribution in [0.15, 0.2) is 18.2 Å². The van der Waals surface area contributed by atoms with Crippen molar-refractivity contribution in [1.82, 2.24) is 5.32 Å². The summed E-state index contributed by atoms with van der Waals surface area (Å²) in [4.78, 5) is 0. The van der Waals surface area contributed by atoms with E-state index in [1.807, 2.05) is 12.1 Å². The van der Waals surface area contributed by atoms with Crippen LogP contribution in [0.2, 0.25) is 5.02 Å². The van der Waals surface area contributed by atoms with E-state index in [2.05, 4.69) is 25.2 Å². The molecule has 0 aromatic heterocycles. The van der Waals surface area contributed by atoms with Crippen LogP contribution in [0.5, 0.6) is 0 Å². The van der Waals surface area contributed by atoms with Crippen LogP contribution in [0.25, 0.3) is 0 Å². The van der Waals surface area contributed by atoms with Gasteiger partial charge in [-0.15, -0.1) is 0 Å². The van der Waals surface area contributed by atoms with Crippen LogP contribution >= 0.6 is 11.6 Å². The van der Waals surface area contributed by atoms with Gasteiger partial charge in [0.1, 0.15) is 0 Å². The minimum absolute atomic E-state index is 0.228. The molecule has 0 aliphatic carbocycles. The molecule has 2 unspecified atom stereocenters. The van der Waals surface area contributed by atoms with E-state index < -0.39 is 0 Å². The van der Waals surface area contributed by atoms with E-state index in [-0.39, 0.29) is 6.10 Å². The zero-order chi connectivity index (χ0) is 12.3. The van der Waals surface area contributed by atoms with Crippen LogP contribution in [-0.4, -0.2) is 19.7 Å². The monoisotopic (exact) mass is 253 g/mol. The maximum atomic E-state index is 5.99. The van der Waals surface area contributed by atoms with E-state index in [9.17, 15) is 0 Å². The van der Waals surface area contributed by atoms with E-state index in [0.717, 1.165) is 31.1 Å². The van der Waals surface area contributed by atoms with E-state index in [4.69, 9.17) is 16.3 Å². The molecule has 0 bridgehead atoms. The van der Waals surface area contributed by atoms with Gasteiger partial charge >= 0.3 is 0 Å². The van der Waals surface area contributed by atoms with Crippen molar-refractivity contribution in [1.29, 1.82) is 0 Å². The second-order valence-corrected chi connectivity index (χ2v) is 5.09. The van der Waals surface area contributed by atoms with Crippen molar-refractivity contribution in [3.05, 3.63) is 34.3 Å². The van der Waals surface area contributed by atoms with Crippen LogP contribution in [-0.2, 0) is 4.74 Å². The molecule has 1 aromatic carbocycles. The Balaban J connectivity index is 2.14. The number of ether oxygens (including phenoxy) is 1. The lowest BCUT2D eigenvalue weighted by molar-refractivity contribution is 0.0901. The first-order valence-electron chi connectivity index (χ1n) is 6.30. The molecule has 0 radical (unpaired) electrons. The lowest BCUT2D eigenvalue weighted by Gasteiger charge is -2.21. The fourth-order valence-electron chi connectivity index (χ4n) is 2.47. The minimum atomic E-state index is 0.228. The van der Waals surface area contributed by atoms with Gasteiger partial charge in [-0.3, -0.25) is 0 Å². The first kappa shape index (κ1) is 12.9. The molecule has 1 aromatic rings. The molecule has 94 valence electrons. The van der Waals surface area contributed by atoms with Gasteiger partial charge in [-0.1, -0.05) is 24.6 Å². The van der Waals surface area contributed by atoms with Crippen molar-refractivity contribution >= 4 is 11.6 Å². The smallest absolute Gasteiger partial charge is 0.0868 e. The van der Waals surface area contributed by atoms with Crippen molar-refractivity contribution in [3.63, 3.8) is 0 Å². The Bertz CT molecular complexity index is 380. The molecule has 17 heavy (non-hydrogen) atoms. The third kappa shape index (κ3) is 3.01. The van der Waals surface area contributed by atoms with Gasteiger partial charge in [0.15, 0.2) is 0 Å². The molecule has 2 rings (SSSR count). The number of hydrogen-bond acceptors (Lipinski definition) is 2. The molecule has 2 nitrogen and oxygen atoms in total. The second-order valence-electron chi connectivity index (χ2n) is 4.65. The third-order valence-electron chi connectivity index (χ3n) is 3.41. The molecule has 2 atom stereocenters. The fourth-order valence-corrected chi connectivity index (χ4v) is 2.70. The van der Waals surface area contributed by atoms with Crippen molar-refractivity contribution in [2.75, 3.05) is 19.7 Å². The quantitative estimate of drug-likeness (QED) is 0.889. The SMILES string of the molecule is CCNCC1CCOC1c1ccc(Cl)cc1C. The number of rotatable bonds is 4. The molecule has 1 heterocycles. The first-order chi connectivity index (χ1) is 8.22. The van der Waals surface area contributed by atoms with Gasteiger partial charge < -0.3 is 10.1 Å². The molecule has 0 saturated carbocycles. The summed E-state index contributed by atoms with van der Waals surface area (Å²) in [6, 6.07) is 6.07. The molecular weight excluding hydrogens is 234 g/mol. The Labute approximate surface area is 108 Å². The van der Waals surface area contributed by atoms with E-state index in [1.165, 1.54) is 11.1 Å². The topological polar surface area (TPSA) is 21.3 Å². The molecule has 1 aliphatic rings. The molecule has 0 amide bonds. The average Bonchev–Trinajstić information content (AvgIpc) is 2.74. The zero-order valence-corrected chi connectivity index (χ0v) is 11.3. The predicted molar refractivity (Wildman–Crippen MR) is 71.5 cm³/mol. The van der Waals surface area contributed by atoms with Crippen molar-refractivity contribution in [2.24, 2.45) is 5.92 Å². The number of aryl methyl sites for hydroxylation is 1. The largest absolute Gasteiger partial charge is 0.373 e. The van der Waals surface area contributed by atoms with Crippen LogP contribution in [0, 0.1) is 12.8 Å². The summed E-state index contributed by atoms with van der Waals surface area (Å²) in [5.74, 6) is 0.579. The highest BCUT2D eigenvalue weighted by Crippen LogP contribution is 2.36. The van der Waals surface area contributed by atoms with Crippen molar-refractivity contribution in [3.8, 4) is 0 Å². The Morgan fingerprint density at radius 1 is 1.47 bits per heavy atom. The van der Waals surface area contributed by atoms with Crippen molar-refractivity contribution < 1.29 is 4.74 Å². The molecule has 0 spiro atoms. The normalized spacial score (nSPS) is 24.2. The van der Waals surface area contributed by atoms with Gasteiger partial charge in [0.05, 0.1) is 6.10 Å². The first-order valence-corrected chi connectivity index (χ1v) is 6.68. The van der Waals surface area contributed by atoms with Crippen LogP contribution in [0.3, 0.4) is 0 Å². The average molecular weight is 254 g/mol. The van der Waals surface area contributed by atoms with E-state index in [0.29, 0.717) is 5.92 Å². The highest BCUT2D eigenvalue weighted by Gasteiger charge is 2.30. The van der Waals surface area contributed by atoms with Gasteiger partial charge in [-0.05, 0) is 43.1 Å². The molecular formula is C14H20ClNO. The predicted octanol–water partition coefficient (Wildman–Crippen LogP) is 3.34. The van der Waals surface area contributed by atoms with E-state index >= 15 is 0 Å². The number of nitrogens with one attached hydrogen (secondary N) is 1. The summed E-state index contributed by atoms with van der Waals surface area (Å²) in [7, 11) is 0. The Hall–Kier alpha value is -0.570. The zero-order valence-electron chi connectivity index (χ0n) is 10.5. The summed E-state index contributed by atoms with van der Waals surface area (Å²) in [5, 5.41) is 4.21. The highest BCUT2D eigenvalue weighted by molar-refractivity contribution is 6.30. The van der Waals surface area contributed by atoms with E-state index in [1.54, 1.807) is 0 Å². The maximum Gasteiger partial charge on any atom is 0.0868 e. The minimum Gasteiger partial charge on any atom is -0.373 e. The molecule has 1 fully saturated rings. The number of halogens is 1. The summed E-state index contributed by atoms with van der Waals surface area (Å²) in [6.07, 6.45) is 1.37. The van der Waals surface area contributed by atoms with Gasteiger partial charge in [0, 0.05) is 24.1 Å². The third-order valence-corrected chi connectivity index (χ3v) is 3.64. The van der Waals surface area contributed by atoms with Crippen molar-refractivity contribution in [2.45, 2.75) is 26.4 Å². The van der Waals surface area contributed by atoms with Crippen LogP contribution in [0.1, 0.15) is 30.6 Å². The Morgan fingerprint density at radius 3 is 3.00 bits per heavy atom. The fraction of sp³-hybridized carbons (Fsp3) is 0.571. The van der Waals surface area contributed by atoms with Gasteiger partial charge in [-0.2, -0.15) is 0 Å². The molecule has 1 aliphatic heterocycles. The van der Waals surface area contributed by atoms with Gasteiger partial charge in [0.25, 0.3) is 0 Å². The lowest BCUT2D eigenvalue weighted by atomic mass is 9.92. The second kappa shape index (κ2) is 5.85. The number of hydrogen-bond donors (Lipinski definition) is 1. The lowest BCUT2D eigenvalue weighted by Crippen LogP contribution is -2.24.